The number of ether oxygens (including phenoxy) is 3. The van der Waals surface area contributed by atoms with Crippen LogP contribution < -0.4 is 14.8 Å². The summed E-state index contributed by atoms with van der Waals surface area (Å²) in [6, 6.07) is 18.7. The van der Waals surface area contributed by atoms with E-state index in [1.54, 1.807) is 36.4 Å². The second kappa shape index (κ2) is 13.8. The monoisotopic (exact) mass is 1130 g/mol. The van der Waals surface area contributed by atoms with Crippen molar-refractivity contribution in [1.29, 1.82) is 0 Å². The van der Waals surface area contributed by atoms with Gasteiger partial charge in [0, 0.05) is 40.8 Å². The number of amides is 1. The topological polar surface area (TPSA) is 172 Å². The van der Waals surface area contributed by atoms with Crippen molar-refractivity contribution in [3.05, 3.63) is 127 Å². The molecular formula is C36H21I4NO10. The molecule has 0 bridgehead atoms. The van der Waals surface area contributed by atoms with Crippen molar-refractivity contribution in [1.82, 2.24) is 5.32 Å². The Bertz CT molecular complexity index is 2230. The van der Waals surface area contributed by atoms with E-state index in [9.17, 15) is 34.8 Å². The van der Waals surface area contributed by atoms with E-state index in [2.05, 4.69) is 50.5 Å². The number of hydrogen-bond donors (Lipinski definition) is 5. The Morgan fingerprint density at radius 2 is 1.35 bits per heavy atom. The number of aromatic hydroxyl groups is 3. The third kappa shape index (κ3) is 6.53. The van der Waals surface area contributed by atoms with E-state index in [4.69, 9.17) is 14.2 Å². The van der Waals surface area contributed by atoms with Crippen molar-refractivity contribution in [2.75, 3.05) is 0 Å². The van der Waals surface area contributed by atoms with Gasteiger partial charge in [-0.1, -0.05) is 0 Å². The van der Waals surface area contributed by atoms with E-state index in [0.29, 0.717) is 40.9 Å². The lowest BCUT2D eigenvalue weighted by atomic mass is 9.77. The Balaban J connectivity index is 1.19. The van der Waals surface area contributed by atoms with Crippen molar-refractivity contribution in [3.63, 3.8) is 0 Å². The van der Waals surface area contributed by atoms with Crippen LogP contribution in [0.1, 0.15) is 43.0 Å². The molecule has 0 radical (unpaired) electrons. The van der Waals surface area contributed by atoms with Crippen LogP contribution in [0.2, 0.25) is 0 Å². The molecule has 7 rings (SSSR count). The Labute approximate surface area is 343 Å². The molecular weight excluding hydrogens is 1110 g/mol. The Kier molecular flexibility index (Phi) is 9.67. The number of halogens is 4. The molecule has 0 unspecified atom stereocenters. The van der Waals surface area contributed by atoms with Crippen LogP contribution >= 0.6 is 90.4 Å². The summed E-state index contributed by atoms with van der Waals surface area (Å²) in [7, 11) is 0. The molecule has 51 heavy (non-hydrogen) atoms. The molecule has 11 nitrogen and oxygen atoms in total. The third-order valence-electron chi connectivity index (χ3n) is 8.35. The number of phenolic OH excluding ortho intramolecular Hbond substituents is 3. The number of nitrogens with one attached hydrogen (secondary N) is 1. The standard InChI is InChI=1S/C36H21I4NO10/c37-24-13-19(14-25(38)31(24)44)49-32-26(39)7-15(8-27(32)40)9-28(34(46)47)41-33(45)16-1-4-20-23(10-16)36(51-35(20)48)21-5-2-17(42)11-29(21)50-30-12-18(43)3-6-22(30)36/h1-8,10-14,28,42-44H,9H2,(H,41,45)(H,46,47)/t28-/m0/s1. The molecule has 2 heterocycles. The van der Waals surface area contributed by atoms with Gasteiger partial charge in [0.05, 0.1) is 19.8 Å². The number of fused-ring (bicyclic) bond motifs is 6. The number of carboxylic acids is 1. The number of hydrogen-bond acceptors (Lipinski definition) is 9. The maximum atomic E-state index is 13.7. The zero-order valence-electron chi connectivity index (χ0n) is 25.5. The Morgan fingerprint density at radius 3 is 1.92 bits per heavy atom. The highest BCUT2D eigenvalue weighted by molar-refractivity contribution is 14.1. The molecule has 0 aliphatic carbocycles. The number of benzene rings is 5. The number of rotatable bonds is 7. The molecule has 1 atom stereocenters. The fourth-order valence-electron chi connectivity index (χ4n) is 6.06. The maximum absolute atomic E-state index is 13.7. The molecule has 0 saturated carbocycles. The number of phenols is 3. The fourth-order valence-corrected chi connectivity index (χ4v) is 9.89. The van der Waals surface area contributed by atoms with Crippen LogP contribution in [0.4, 0.5) is 0 Å². The lowest BCUT2D eigenvalue weighted by Crippen LogP contribution is -2.42. The molecule has 258 valence electrons. The molecule has 0 saturated heterocycles. The predicted octanol–water partition coefficient (Wildman–Crippen LogP) is 8.01. The fraction of sp³-hybridized carbons (Fsp3) is 0.0833. The van der Waals surface area contributed by atoms with Gasteiger partial charge in [0.25, 0.3) is 5.91 Å². The van der Waals surface area contributed by atoms with E-state index in [0.717, 1.165) is 7.14 Å². The average molecular weight is 1140 g/mol. The molecule has 2 aliphatic rings. The summed E-state index contributed by atoms with van der Waals surface area (Å²) in [6.07, 6.45) is -0.0378. The van der Waals surface area contributed by atoms with E-state index in [-0.39, 0.29) is 46.3 Å². The van der Waals surface area contributed by atoms with Crippen LogP contribution in [0.25, 0.3) is 0 Å². The van der Waals surface area contributed by atoms with Gasteiger partial charge in [-0.05, 0) is 163 Å². The van der Waals surface area contributed by atoms with E-state index >= 15 is 0 Å². The zero-order valence-corrected chi connectivity index (χ0v) is 34.2. The highest BCUT2D eigenvalue weighted by atomic mass is 127. The van der Waals surface area contributed by atoms with Crippen molar-refractivity contribution < 1.29 is 49.0 Å². The quantitative estimate of drug-likeness (QED) is 0.0795. The largest absolute Gasteiger partial charge is 0.508 e. The molecule has 2 aliphatic heterocycles. The van der Waals surface area contributed by atoms with E-state index in [1.807, 2.05) is 45.2 Å². The second-order valence-electron chi connectivity index (χ2n) is 11.6. The molecule has 0 aromatic heterocycles. The minimum Gasteiger partial charge on any atom is -0.508 e. The summed E-state index contributed by atoms with van der Waals surface area (Å²) < 4.78 is 20.9. The molecule has 5 N–H and O–H groups in total. The first-order chi connectivity index (χ1) is 24.2. The van der Waals surface area contributed by atoms with Gasteiger partial charge in [0.1, 0.15) is 40.5 Å². The first kappa shape index (κ1) is 35.8. The summed E-state index contributed by atoms with van der Waals surface area (Å²) in [5.74, 6) is -1.15. The summed E-state index contributed by atoms with van der Waals surface area (Å²) in [5, 5.41) is 43.3. The molecule has 0 fully saturated rings. The summed E-state index contributed by atoms with van der Waals surface area (Å²) in [6.45, 7) is 0. The lowest BCUT2D eigenvalue weighted by molar-refractivity contribution is -0.139. The number of esters is 1. The molecule has 1 spiro atoms. The zero-order chi connectivity index (χ0) is 36.4. The number of carboxylic acid groups (broad SMARTS) is 1. The predicted molar refractivity (Wildman–Crippen MR) is 216 cm³/mol. The van der Waals surface area contributed by atoms with Crippen LogP contribution in [-0.4, -0.2) is 44.3 Å². The van der Waals surface area contributed by atoms with E-state index in [1.165, 1.54) is 42.5 Å². The lowest BCUT2D eigenvalue weighted by Gasteiger charge is -2.36. The molecule has 15 heteroatoms. The van der Waals surface area contributed by atoms with Gasteiger partial charge in [0.2, 0.25) is 0 Å². The average Bonchev–Trinajstić information content (AvgIpc) is 3.36. The van der Waals surface area contributed by atoms with Gasteiger partial charge >= 0.3 is 11.9 Å². The molecule has 5 aromatic carbocycles. The molecule has 1 amide bonds. The van der Waals surface area contributed by atoms with Gasteiger partial charge in [0.15, 0.2) is 11.4 Å². The highest BCUT2D eigenvalue weighted by Crippen LogP contribution is 2.57. The maximum Gasteiger partial charge on any atom is 0.340 e. The van der Waals surface area contributed by atoms with Gasteiger partial charge in [-0.2, -0.15) is 0 Å². The Morgan fingerprint density at radius 1 is 0.765 bits per heavy atom. The minimum atomic E-state index is -1.59. The molecule has 5 aromatic rings. The first-order valence-electron chi connectivity index (χ1n) is 14.9. The highest BCUT2D eigenvalue weighted by Gasteiger charge is 2.54. The van der Waals surface area contributed by atoms with E-state index < -0.39 is 29.5 Å². The number of carbonyl (C=O) groups excluding carboxylic acids is 2. The summed E-state index contributed by atoms with van der Waals surface area (Å²) >= 11 is 8.26. The number of aliphatic carboxylic acids is 1. The van der Waals surface area contributed by atoms with Crippen LogP contribution in [0.5, 0.6) is 40.2 Å². The van der Waals surface area contributed by atoms with Gasteiger partial charge in [-0.15, -0.1) is 0 Å². The van der Waals surface area contributed by atoms with Gasteiger partial charge < -0.3 is 40.0 Å². The normalized spacial score (nSPS) is 14.1. The third-order valence-corrected chi connectivity index (χ3v) is 11.6. The SMILES string of the molecule is O=C(N[C@@H](Cc1cc(I)c(Oc2cc(I)c(O)c(I)c2)c(I)c1)C(=O)O)c1ccc2c(c1)C1(OC2=O)c2ccc(O)cc2Oc2cc(O)ccc21. The van der Waals surface area contributed by atoms with Crippen molar-refractivity contribution in [3.8, 4) is 40.2 Å². The minimum absolute atomic E-state index is 0.0378. The number of carbonyl (C=O) groups is 3. The first-order valence-corrected chi connectivity index (χ1v) is 19.2. The van der Waals surface area contributed by atoms with Crippen LogP contribution in [0, 0.1) is 14.3 Å². The van der Waals surface area contributed by atoms with Crippen LogP contribution in [-0.2, 0) is 21.6 Å². The second-order valence-corrected chi connectivity index (χ2v) is 16.2. The summed E-state index contributed by atoms with van der Waals surface area (Å²) in [5.41, 5.74) is 0.406. The van der Waals surface area contributed by atoms with Gasteiger partial charge in [-0.3, -0.25) is 4.79 Å². The van der Waals surface area contributed by atoms with Crippen molar-refractivity contribution >= 4 is 108 Å². The van der Waals surface area contributed by atoms with Crippen molar-refractivity contribution in [2.24, 2.45) is 0 Å². The smallest absolute Gasteiger partial charge is 0.340 e. The van der Waals surface area contributed by atoms with Crippen LogP contribution in [0.3, 0.4) is 0 Å². The van der Waals surface area contributed by atoms with Gasteiger partial charge in [-0.25, -0.2) is 9.59 Å². The Hall–Kier alpha value is -3.57. The van der Waals surface area contributed by atoms with Crippen molar-refractivity contribution in [2.45, 2.75) is 18.1 Å². The summed E-state index contributed by atoms with van der Waals surface area (Å²) in [4.78, 5) is 39.5. The van der Waals surface area contributed by atoms with Crippen LogP contribution in [0.15, 0.2) is 78.9 Å².